The number of nitrogens with zero attached hydrogens (tertiary/aromatic N) is 4. The molecule has 0 bridgehead atoms. The Morgan fingerprint density at radius 2 is 1.96 bits per heavy atom. The number of H-pyrrole nitrogens is 1. The van der Waals surface area contributed by atoms with Crippen LogP contribution in [0, 0.1) is 0 Å². The zero-order chi connectivity index (χ0) is 19.1. The first kappa shape index (κ1) is 17.6. The maximum Gasteiger partial charge on any atom is 0.345 e. The first-order valence-corrected chi connectivity index (χ1v) is 9.47. The molecule has 0 unspecified atom stereocenters. The molecule has 0 spiro atoms. The van der Waals surface area contributed by atoms with Gasteiger partial charge in [-0.15, -0.1) is 0 Å². The molecule has 1 aromatic carbocycles. The lowest BCUT2D eigenvalue weighted by atomic mass is 9.95. The van der Waals surface area contributed by atoms with Crippen LogP contribution in [0.4, 0.5) is 0 Å². The van der Waals surface area contributed by atoms with Gasteiger partial charge in [-0.1, -0.05) is 6.07 Å². The van der Waals surface area contributed by atoms with Crippen molar-refractivity contribution in [1.82, 2.24) is 24.2 Å². The maximum absolute atomic E-state index is 12.9. The fourth-order valence-electron chi connectivity index (χ4n) is 3.97. The van der Waals surface area contributed by atoms with Crippen LogP contribution in [0.1, 0.15) is 54.8 Å². The molecule has 3 heterocycles. The summed E-state index contributed by atoms with van der Waals surface area (Å²) in [4.78, 5) is 30.3. The van der Waals surface area contributed by atoms with Crippen LogP contribution in [0.15, 0.2) is 35.3 Å². The van der Waals surface area contributed by atoms with Crippen molar-refractivity contribution in [2.45, 2.75) is 38.6 Å². The summed E-state index contributed by atoms with van der Waals surface area (Å²) in [5.41, 5.74) is 1.61. The lowest BCUT2D eigenvalue weighted by molar-refractivity contribution is 0.0710. The summed E-state index contributed by atoms with van der Waals surface area (Å²) in [5, 5.41) is 5.57. The van der Waals surface area contributed by atoms with Crippen molar-refractivity contribution in [2.24, 2.45) is 7.05 Å². The van der Waals surface area contributed by atoms with Crippen molar-refractivity contribution in [3.05, 3.63) is 52.3 Å². The molecule has 142 valence electrons. The molecule has 1 amide bonds. The molecule has 0 aliphatic carbocycles. The summed E-state index contributed by atoms with van der Waals surface area (Å²) in [5.74, 6) is 1.11. The number of amides is 1. The van der Waals surface area contributed by atoms with Crippen LogP contribution >= 0.6 is 0 Å². The zero-order valence-electron chi connectivity index (χ0n) is 16.0. The minimum absolute atomic E-state index is 0.0622. The Hall–Kier alpha value is -2.83. The van der Waals surface area contributed by atoms with Crippen molar-refractivity contribution in [1.29, 1.82) is 0 Å². The molecule has 7 nitrogen and oxygen atoms in total. The predicted molar refractivity (Wildman–Crippen MR) is 104 cm³/mol. The van der Waals surface area contributed by atoms with Crippen molar-refractivity contribution >= 4 is 16.8 Å². The Morgan fingerprint density at radius 1 is 1.22 bits per heavy atom. The number of rotatable bonds is 3. The topological polar surface area (TPSA) is 75.9 Å². The van der Waals surface area contributed by atoms with Gasteiger partial charge in [0.2, 0.25) is 0 Å². The van der Waals surface area contributed by atoms with Crippen LogP contribution in [-0.4, -0.2) is 43.2 Å². The maximum atomic E-state index is 12.9. The normalized spacial score (nSPS) is 15.8. The fraction of sp³-hybridized carbons (Fsp3) is 0.450. The third kappa shape index (κ3) is 3.07. The average molecular weight is 367 g/mol. The number of hydrogen-bond acceptors (Lipinski definition) is 3. The van der Waals surface area contributed by atoms with Gasteiger partial charge in [-0.05, 0) is 50.3 Å². The third-order valence-electron chi connectivity index (χ3n) is 5.45. The minimum atomic E-state index is -0.0715. The summed E-state index contributed by atoms with van der Waals surface area (Å²) < 4.78 is 3.19. The van der Waals surface area contributed by atoms with Crippen LogP contribution in [-0.2, 0) is 7.05 Å². The van der Waals surface area contributed by atoms with Gasteiger partial charge in [-0.2, -0.15) is 5.10 Å². The van der Waals surface area contributed by atoms with E-state index in [1.54, 1.807) is 11.6 Å². The molecule has 1 N–H and O–H groups in total. The summed E-state index contributed by atoms with van der Waals surface area (Å²) >= 11 is 0. The van der Waals surface area contributed by atoms with Crippen LogP contribution < -0.4 is 5.69 Å². The molecule has 1 saturated heterocycles. The predicted octanol–water partition coefficient (Wildman–Crippen LogP) is 2.66. The van der Waals surface area contributed by atoms with E-state index in [1.165, 1.54) is 4.68 Å². The lowest BCUT2D eigenvalue weighted by Gasteiger charge is -2.32. The number of hydrogen-bond donors (Lipinski definition) is 1. The zero-order valence-corrected chi connectivity index (χ0v) is 16.0. The molecule has 2 aromatic heterocycles. The Balaban J connectivity index is 1.50. The van der Waals surface area contributed by atoms with Crippen molar-refractivity contribution < 1.29 is 4.79 Å². The highest BCUT2D eigenvalue weighted by molar-refractivity contribution is 5.98. The van der Waals surface area contributed by atoms with Crippen LogP contribution in [0.2, 0.25) is 0 Å². The van der Waals surface area contributed by atoms with Crippen molar-refractivity contribution in [3.8, 4) is 0 Å². The Labute approximate surface area is 157 Å². The number of benzene rings is 1. The quantitative estimate of drug-likeness (QED) is 0.773. The highest BCUT2D eigenvalue weighted by Crippen LogP contribution is 2.28. The van der Waals surface area contributed by atoms with E-state index < -0.39 is 0 Å². The van der Waals surface area contributed by atoms with E-state index in [-0.39, 0.29) is 23.6 Å². The van der Waals surface area contributed by atoms with Crippen molar-refractivity contribution in [2.75, 3.05) is 13.1 Å². The molecule has 1 aliphatic heterocycles. The number of carbonyl (C=O) groups is 1. The number of carbonyl (C=O) groups excluding carboxylic acids is 1. The van der Waals surface area contributed by atoms with Crippen LogP contribution in [0.3, 0.4) is 0 Å². The van der Waals surface area contributed by atoms with Gasteiger partial charge in [-0.3, -0.25) is 9.36 Å². The molecule has 0 atom stereocenters. The second kappa shape index (κ2) is 6.72. The van der Waals surface area contributed by atoms with Crippen molar-refractivity contribution in [3.63, 3.8) is 0 Å². The molecule has 4 rings (SSSR count). The van der Waals surface area contributed by atoms with Gasteiger partial charge in [0, 0.05) is 49.4 Å². The molecule has 27 heavy (non-hydrogen) atoms. The van der Waals surface area contributed by atoms with E-state index in [2.05, 4.69) is 10.1 Å². The molecule has 3 aromatic rings. The Bertz CT molecular complexity index is 1030. The van der Waals surface area contributed by atoms with Gasteiger partial charge >= 0.3 is 5.69 Å². The van der Waals surface area contributed by atoms with E-state index in [0.717, 1.165) is 29.6 Å². The molecule has 7 heteroatoms. The van der Waals surface area contributed by atoms with Gasteiger partial charge in [0.05, 0.1) is 0 Å². The second-order valence-electron chi connectivity index (χ2n) is 7.57. The number of aromatic amines is 1. The highest BCUT2D eigenvalue weighted by atomic mass is 16.2. The summed E-state index contributed by atoms with van der Waals surface area (Å²) in [6, 6.07) is 7.85. The minimum Gasteiger partial charge on any atom is -0.361 e. The summed E-state index contributed by atoms with van der Waals surface area (Å²) in [7, 11) is 1.69. The number of fused-ring (bicyclic) bond motifs is 1. The van der Waals surface area contributed by atoms with Gasteiger partial charge in [0.1, 0.15) is 5.82 Å². The number of aryl methyl sites for hydroxylation is 1. The van der Waals surface area contributed by atoms with Crippen LogP contribution in [0.25, 0.3) is 10.9 Å². The standard InChI is InChI=1S/C20H25N5O2/c1-13(2)25-18(22-23(3)20(25)27)15-7-10-24(11-8-15)19(26)16-5-4-14-6-9-21-17(14)12-16/h4-6,9,12-13,15,21H,7-8,10-11H2,1-3H3. The molecule has 0 radical (unpaired) electrons. The van der Waals surface area contributed by atoms with E-state index in [9.17, 15) is 9.59 Å². The Kier molecular flexibility index (Phi) is 4.37. The Morgan fingerprint density at radius 3 is 2.67 bits per heavy atom. The lowest BCUT2D eigenvalue weighted by Crippen LogP contribution is -2.38. The first-order valence-electron chi connectivity index (χ1n) is 9.47. The van der Waals surface area contributed by atoms with E-state index in [4.69, 9.17) is 0 Å². The van der Waals surface area contributed by atoms with E-state index in [0.29, 0.717) is 18.7 Å². The smallest absolute Gasteiger partial charge is 0.345 e. The van der Waals surface area contributed by atoms with Crippen LogP contribution in [0.5, 0.6) is 0 Å². The fourth-order valence-corrected chi connectivity index (χ4v) is 3.97. The van der Waals surface area contributed by atoms with Gasteiger partial charge in [0.25, 0.3) is 5.91 Å². The number of nitrogens with one attached hydrogen (secondary N) is 1. The number of likely N-dealkylation sites (tertiary alicyclic amines) is 1. The monoisotopic (exact) mass is 367 g/mol. The molecule has 1 fully saturated rings. The first-order chi connectivity index (χ1) is 13.0. The van der Waals surface area contributed by atoms with E-state index >= 15 is 0 Å². The molecular weight excluding hydrogens is 342 g/mol. The van der Waals surface area contributed by atoms with E-state index in [1.807, 2.05) is 49.2 Å². The molecule has 0 saturated carbocycles. The number of piperidine rings is 1. The third-order valence-corrected chi connectivity index (χ3v) is 5.45. The summed E-state index contributed by atoms with van der Waals surface area (Å²) in [6.45, 7) is 5.36. The second-order valence-corrected chi connectivity index (χ2v) is 7.57. The molecule has 1 aliphatic rings. The molecular formula is C20H25N5O2. The largest absolute Gasteiger partial charge is 0.361 e. The summed E-state index contributed by atoms with van der Waals surface area (Å²) in [6.07, 6.45) is 3.52. The SMILES string of the molecule is CC(C)n1c(C2CCN(C(=O)c3ccc4cc[nH]c4c3)CC2)nn(C)c1=O. The van der Waals surface area contributed by atoms with Gasteiger partial charge in [0.15, 0.2) is 0 Å². The average Bonchev–Trinajstić information content (AvgIpc) is 3.25. The van der Waals surface area contributed by atoms with Gasteiger partial charge in [-0.25, -0.2) is 9.48 Å². The highest BCUT2D eigenvalue weighted by Gasteiger charge is 2.29. The van der Waals surface area contributed by atoms with Gasteiger partial charge < -0.3 is 9.88 Å². The number of aromatic nitrogens is 4.